The van der Waals surface area contributed by atoms with Gasteiger partial charge in [-0.2, -0.15) is 0 Å². The van der Waals surface area contributed by atoms with Crippen molar-refractivity contribution < 1.29 is 23.8 Å². The van der Waals surface area contributed by atoms with E-state index >= 15 is 0 Å². The van der Waals surface area contributed by atoms with Crippen LogP contribution in [0.5, 0.6) is 0 Å². The van der Waals surface area contributed by atoms with Crippen LogP contribution >= 0.6 is 0 Å². The number of aromatic nitrogens is 1. The van der Waals surface area contributed by atoms with E-state index in [2.05, 4.69) is 4.98 Å². The second-order valence-corrected chi connectivity index (χ2v) is 6.86. The molecule has 4 aromatic rings. The van der Waals surface area contributed by atoms with Crippen molar-refractivity contribution in [2.75, 3.05) is 6.61 Å². The fraction of sp³-hybridized carbons (Fsp3) is 0.250. The van der Waals surface area contributed by atoms with E-state index in [9.17, 15) is 4.79 Å². The number of hydrogen-bond donors (Lipinski definition) is 2. The van der Waals surface area contributed by atoms with Gasteiger partial charge in [-0.3, -0.25) is 4.79 Å². The molecule has 6 heteroatoms. The predicted molar refractivity (Wildman–Crippen MR) is 114 cm³/mol. The summed E-state index contributed by atoms with van der Waals surface area (Å²) in [4.78, 5) is 15.4. The third kappa shape index (κ3) is 5.36. The first-order chi connectivity index (χ1) is 14.5. The molecule has 0 aliphatic carbocycles. The molecule has 4 rings (SSSR count). The largest absolute Gasteiger partial charge is 0.481 e. The van der Waals surface area contributed by atoms with Crippen molar-refractivity contribution >= 4 is 16.9 Å². The first kappa shape index (κ1) is 21.3. The number of carboxylic acids is 1. The Balaban J connectivity index is 0.000000806. The Bertz CT molecular complexity index is 1110. The Hall–Kier alpha value is -3.38. The van der Waals surface area contributed by atoms with Crippen LogP contribution < -0.4 is 0 Å². The van der Waals surface area contributed by atoms with Crippen LogP contribution in [0.15, 0.2) is 63.4 Å². The number of carboxylic acid groups (broad SMARTS) is 1. The molecule has 0 bridgehead atoms. The van der Waals surface area contributed by atoms with Gasteiger partial charge < -0.3 is 19.0 Å². The molecule has 0 aliphatic heterocycles. The minimum Gasteiger partial charge on any atom is -0.481 e. The average Bonchev–Trinajstić information content (AvgIpc) is 3.30. The zero-order valence-electron chi connectivity index (χ0n) is 17.1. The second kappa shape index (κ2) is 9.89. The molecule has 0 aliphatic rings. The Morgan fingerprint density at radius 3 is 2.50 bits per heavy atom. The van der Waals surface area contributed by atoms with Crippen molar-refractivity contribution in [2.24, 2.45) is 0 Å². The summed E-state index contributed by atoms with van der Waals surface area (Å²) in [5.74, 6) is 1.39. The van der Waals surface area contributed by atoms with Crippen LogP contribution in [0.2, 0.25) is 0 Å². The third-order valence-corrected chi connectivity index (χ3v) is 4.51. The first-order valence-electron chi connectivity index (χ1n) is 9.86. The van der Waals surface area contributed by atoms with Gasteiger partial charge in [0.1, 0.15) is 17.1 Å². The zero-order chi connectivity index (χ0) is 21.5. The molecule has 156 valence electrons. The van der Waals surface area contributed by atoms with Gasteiger partial charge in [0.2, 0.25) is 5.89 Å². The molecule has 6 nitrogen and oxygen atoms in total. The van der Waals surface area contributed by atoms with Crippen LogP contribution in [0.4, 0.5) is 0 Å². The van der Waals surface area contributed by atoms with E-state index in [0.29, 0.717) is 18.7 Å². The van der Waals surface area contributed by atoms with Crippen molar-refractivity contribution in [3.8, 4) is 11.5 Å². The summed E-state index contributed by atoms with van der Waals surface area (Å²) in [6.45, 7) is 3.83. The number of hydrogen-bond acceptors (Lipinski definition) is 5. The van der Waals surface area contributed by atoms with E-state index in [1.807, 2.05) is 61.5 Å². The molecule has 2 aromatic carbocycles. The SMILES string of the molecule is CCO.Cc1oc(-c2ccccc2)nc1Cc1cc2cc(CCC(=O)O)ccc2o1. The van der Waals surface area contributed by atoms with E-state index in [-0.39, 0.29) is 13.0 Å². The van der Waals surface area contributed by atoms with Gasteiger partial charge in [0.15, 0.2) is 0 Å². The second-order valence-electron chi connectivity index (χ2n) is 6.86. The molecule has 0 saturated carbocycles. The summed E-state index contributed by atoms with van der Waals surface area (Å²) < 4.78 is 11.7. The molecule has 0 fully saturated rings. The van der Waals surface area contributed by atoms with E-state index in [0.717, 1.165) is 39.3 Å². The third-order valence-electron chi connectivity index (χ3n) is 4.51. The molecule has 0 atom stereocenters. The topological polar surface area (TPSA) is 96.7 Å². The first-order valence-corrected chi connectivity index (χ1v) is 9.86. The predicted octanol–water partition coefficient (Wildman–Crippen LogP) is 5.00. The summed E-state index contributed by atoms with van der Waals surface area (Å²) in [5.41, 5.74) is 3.56. The summed E-state index contributed by atoms with van der Waals surface area (Å²) in [7, 11) is 0. The highest BCUT2D eigenvalue weighted by molar-refractivity contribution is 5.79. The highest BCUT2D eigenvalue weighted by atomic mass is 16.4. The molecular formula is C24H25NO5. The molecule has 2 heterocycles. The number of aliphatic hydroxyl groups excluding tert-OH is 1. The lowest BCUT2D eigenvalue weighted by atomic mass is 10.1. The Kier molecular flexibility index (Phi) is 7.03. The minimum atomic E-state index is -0.793. The van der Waals surface area contributed by atoms with E-state index < -0.39 is 5.97 Å². The van der Waals surface area contributed by atoms with Gasteiger partial charge in [0.05, 0.1) is 12.1 Å². The Labute approximate surface area is 174 Å². The number of nitrogens with zero attached hydrogens (tertiary/aromatic N) is 1. The van der Waals surface area contributed by atoms with Crippen molar-refractivity contribution in [2.45, 2.75) is 33.1 Å². The summed E-state index contributed by atoms with van der Waals surface area (Å²) in [6, 6.07) is 17.6. The molecule has 2 N–H and O–H groups in total. The standard InChI is InChI=1S/C22H19NO4.C2H6O/c1-14-19(23-22(26-14)16-5-3-2-4-6-16)13-18-12-17-11-15(8-10-21(24)25)7-9-20(17)27-18;1-2-3/h2-7,9,11-12H,8,10,13H2,1H3,(H,24,25);3H,2H2,1H3. The molecule has 30 heavy (non-hydrogen) atoms. The summed E-state index contributed by atoms with van der Waals surface area (Å²) >= 11 is 0. The lowest BCUT2D eigenvalue weighted by Crippen LogP contribution is -1.96. The Morgan fingerprint density at radius 2 is 1.80 bits per heavy atom. The molecule has 0 saturated heterocycles. The quantitative estimate of drug-likeness (QED) is 0.467. The molecular weight excluding hydrogens is 382 g/mol. The molecule has 0 radical (unpaired) electrons. The monoisotopic (exact) mass is 407 g/mol. The van der Waals surface area contributed by atoms with E-state index in [1.54, 1.807) is 6.92 Å². The fourth-order valence-corrected chi connectivity index (χ4v) is 3.10. The number of aliphatic carboxylic acids is 1. The fourth-order valence-electron chi connectivity index (χ4n) is 3.10. The summed E-state index contributed by atoms with van der Waals surface area (Å²) in [5, 5.41) is 17.4. The van der Waals surface area contributed by atoms with Crippen LogP contribution in [-0.2, 0) is 17.6 Å². The number of rotatable bonds is 6. The number of oxazole rings is 1. The maximum atomic E-state index is 10.7. The number of fused-ring (bicyclic) bond motifs is 1. The highest BCUT2D eigenvalue weighted by Crippen LogP contribution is 2.26. The smallest absolute Gasteiger partial charge is 0.303 e. The maximum Gasteiger partial charge on any atom is 0.303 e. The number of aryl methyl sites for hydroxylation is 2. The van der Waals surface area contributed by atoms with Crippen molar-refractivity contribution in [3.63, 3.8) is 0 Å². The summed E-state index contributed by atoms with van der Waals surface area (Å²) in [6.07, 6.45) is 1.17. The van der Waals surface area contributed by atoms with Crippen LogP contribution in [0, 0.1) is 6.92 Å². The van der Waals surface area contributed by atoms with Crippen LogP contribution in [0.1, 0.15) is 36.1 Å². The number of carbonyl (C=O) groups is 1. The van der Waals surface area contributed by atoms with Crippen LogP contribution in [0.3, 0.4) is 0 Å². The average molecular weight is 407 g/mol. The number of aliphatic hydroxyl groups is 1. The van der Waals surface area contributed by atoms with Gasteiger partial charge >= 0.3 is 5.97 Å². The lowest BCUT2D eigenvalue weighted by molar-refractivity contribution is -0.136. The Morgan fingerprint density at radius 1 is 1.07 bits per heavy atom. The lowest BCUT2D eigenvalue weighted by Gasteiger charge is -1.97. The van der Waals surface area contributed by atoms with Crippen molar-refractivity contribution in [1.82, 2.24) is 4.98 Å². The van der Waals surface area contributed by atoms with Crippen molar-refractivity contribution in [3.05, 3.63) is 77.4 Å². The molecule has 2 aromatic heterocycles. The highest BCUT2D eigenvalue weighted by Gasteiger charge is 2.14. The van der Waals surface area contributed by atoms with Gasteiger partial charge in [0.25, 0.3) is 0 Å². The van der Waals surface area contributed by atoms with Crippen molar-refractivity contribution in [1.29, 1.82) is 0 Å². The van der Waals surface area contributed by atoms with Crippen LogP contribution in [0.25, 0.3) is 22.4 Å². The molecule has 0 unspecified atom stereocenters. The maximum absolute atomic E-state index is 10.7. The molecule has 0 amide bonds. The molecule has 0 spiro atoms. The number of benzene rings is 2. The van der Waals surface area contributed by atoms with Crippen LogP contribution in [-0.4, -0.2) is 27.8 Å². The van der Waals surface area contributed by atoms with Gasteiger partial charge in [0, 0.05) is 24.0 Å². The zero-order valence-corrected chi connectivity index (χ0v) is 17.1. The van der Waals surface area contributed by atoms with E-state index in [1.165, 1.54) is 0 Å². The normalized spacial score (nSPS) is 10.6. The van der Waals surface area contributed by atoms with Gasteiger partial charge in [-0.1, -0.05) is 24.3 Å². The van der Waals surface area contributed by atoms with Gasteiger partial charge in [-0.05, 0) is 56.2 Å². The number of furan rings is 1. The minimum absolute atomic E-state index is 0.122. The van der Waals surface area contributed by atoms with Gasteiger partial charge in [-0.25, -0.2) is 4.98 Å². The van der Waals surface area contributed by atoms with Gasteiger partial charge in [-0.15, -0.1) is 0 Å². The van der Waals surface area contributed by atoms with E-state index in [4.69, 9.17) is 19.0 Å².